The van der Waals surface area contributed by atoms with E-state index >= 15 is 0 Å². The van der Waals surface area contributed by atoms with E-state index < -0.39 is 4.92 Å². The lowest BCUT2D eigenvalue weighted by molar-refractivity contribution is -0.384. The van der Waals surface area contributed by atoms with Crippen molar-refractivity contribution < 1.29 is 9.72 Å². The second kappa shape index (κ2) is 8.87. The Morgan fingerprint density at radius 3 is 2.52 bits per heavy atom. The Hall–Kier alpha value is -3.23. The summed E-state index contributed by atoms with van der Waals surface area (Å²) in [4.78, 5) is 28.3. The zero-order valence-electron chi connectivity index (χ0n) is 17.1. The van der Waals surface area contributed by atoms with Crippen LogP contribution in [0.2, 0.25) is 5.02 Å². The summed E-state index contributed by atoms with van der Waals surface area (Å²) in [7, 11) is 0. The minimum absolute atomic E-state index is 0.0674. The Labute approximate surface area is 184 Å². The van der Waals surface area contributed by atoms with Gasteiger partial charge in [0.2, 0.25) is 0 Å². The van der Waals surface area contributed by atoms with Crippen LogP contribution in [0.1, 0.15) is 17.4 Å². The second-order valence-corrected chi connectivity index (χ2v) is 7.72. The molecule has 2 aromatic carbocycles. The van der Waals surface area contributed by atoms with Crippen LogP contribution in [0.3, 0.4) is 0 Å². The summed E-state index contributed by atoms with van der Waals surface area (Å²) in [6.07, 6.45) is 0. The SMILES string of the molecule is CCN1CCN(C(=O)c2cc(-c3ccccc3Cl)nn2-c2cccc([N+](=O)[O-])c2)CC1. The maximum absolute atomic E-state index is 13.4. The first kappa shape index (κ1) is 21.0. The number of amides is 1. The van der Waals surface area contributed by atoms with Gasteiger partial charge >= 0.3 is 0 Å². The fraction of sp³-hybridized carbons (Fsp3) is 0.273. The lowest BCUT2D eigenvalue weighted by Crippen LogP contribution is -2.48. The molecule has 0 atom stereocenters. The molecule has 1 aliphatic rings. The summed E-state index contributed by atoms with van der Waals surface area (Å²) in [5.74, 6) is -0.159. The molecule has 1 aliphatic heterocycles. The van der Waals surface area contributed by atoms with Crippen molar-refractivity contribution in [2.45, 2.75) is 6.92 Å². The number of nitrogens with zero attached hydrogens (tertiary/aromatic N) is 5. The molecule has 3 aromatic rings. The minimum atomic E-state index is -0.465. The van der Waals surface area contributed by atoms with Crippen LogP contribution in [0.15, 0.2) is 54.6 Å². The van der Waals surface area contributed by atoms with Crippen LogP contribution < -0.4 is 0 Å². The quantitative estimate of drug-likeness (QED) is 0.445. The molecule has 1 amide bonds. The predicted molar refractivity (Wildman–Crippen MR) is 119 cm³/mol. The Kier molecular flexibility index (Phi) is 6.01. The number of carbonyl (C=O) groups is 1. The number of carbonyl (C=O) groups excluding carboxylic acids is 1. The van der Waals surface area contributed by atoms with E-state index in [-0.39, 0.29) is 11.6 Å². The maximum Gasteiger partial charge on any atom is 0.272 e. The maximum atomic E-state index is 13.4. The van der Waals surface area contributed by atoms with Crippen molar-refractivity contribution in [2.24, 2.45) is 0 Å². The summed E-state index contributed by atoms with van der Waals surface area (Å²) in [5, 5.41) is 16.4. The zero-order chi connectivity index (χ0) is 22.0. The molecule has 2 heterocycles. The highest BCUT2D eigenvalue weighted by molar-refractivity contribution is 6.33. The van der Waals surface area contributed by atoms with Crippen LogP contribution in [-0.2, 0) is 0 Å². The summed E-state index contributed by atoms with van der Waals surface area (Å²) in [6.45, 7) is 5.91. The Bertz CT molecular complexity index is 1120. The molecule has 4 rings (SSSR count). The van der Waals surface area contributed by atoms with Crippen LogP contribution in [0.5, 0.6) is 0 Å². The van der Waals surface area contributed by atoms with Gasteiger partial charge in [-0.1, -0.05) is 42.8 Å². The molecule has 0 N–H and O–H groups in total. The van der Waals surface area contributed by atoms with Crippen LogP contribution >= 0.6 is 11.6 Å². The first-order valence-electron chi connectivity index (χ1n) is 10.1. The normalized spacial score (nSPS) is 14.6. The molecular formula is C22H22ClN5O3. The summed E-state index contributed by atoms with van der Waals surface area (Å²) in [6, 6.07) is 15.1. The number of nitro benzene ring substituents is 1. The minimum Gasteiger partial charge on any atom is -0.335 e. The van der Waals surface area contributed by atoms with Gasteiger partial charge in [-0.2, -0.15) is 5.10 Å². The highest BCUT2D eigenvalue weighted by Crippen LogP contribution is 2.29. The Morgan fingerprint density at radius 1 is 1.10 bits per heavy atom. The predicted octanol–water partition coefficient (Wildman–Crippen LogP) is 3.88. The lowest BCUT2D eigenvalue weighted by Gasteiger charge is -2.34. The van der Waals surface area contributed by atoms with Crippen LogP contribution in [0.4, 0.5) is 5.69 Å². The van der Waals surface area contributed by atoms with Crippen LogP contribution in [0, 0.1) is 10.1 Å². The number of benzene rings is 2. The Morgan fingerprint density at radius 2 is 1.84 bits per heavy atom. The molecule has 31 heavy (non-hydrogen) atoms. The molecule has 0 unspecified atom stereocenters. The van der Waals surface area contributed by atoms with Crippen LogP contribution in [0.25, 0.3) is 16.9 Å². The van der Waals surface area contributed by atoms with E-state index in [2.05, 4.69) is 16.9 Å². The molecule has 1 saturated heterocycles. The molecule has 1 fully saturated rings. The van der Waals surface area contributed by atoms with Gasteiger partial charge in [0, 0.05) is 43.9 Å². The van der Waals surface area contributed by atoms with Gasteiger partial charge in [-0.25, -0.2) is 4.68 Å². The smallest absolute Gasteiger partial charge is 0.272 e. The first-order valence-corrected chi connectivity index (χ1v) is 10.5. The molecule has 0 saturated carbocycles. The number of hydrogen-bond donors (Lipinski definition) is 0. The largest absolute Gasteiger partial charge is 0.335 e. The topological polar surface area (TPSA) is 84.5 Å². The first-order chi connectivity index (χ1) is 15.0. The van der Waals surface area contributed by atoms with E-state index in [1.807, 2.05) is 18.2 Å². The van der Waals surface area contributed by atoms with Crippen molar-refractivity contribution in [3.63, 3.8) is 0 Å². The second-order valence-electron chi connectivity index (χ2n) is 7.31. The number of piperazine rings is 1. The lowest BCUT2D eigenvalue weighted by atomic mass is 10.1. The molecule has 0 aliphatic carbocycles. The van der Waals surface area contributed by atoms with Gasteiger partial charge < -0.3 is 9.80 Å². The fourth-order valence-electron chi connectivity index (χ4n) is 3.70. The van der Waals surface area contributed by atoms with Crippen molar-refractivity contribution >= 4 is 23.2 Å². The number of hydrogen-bond acceptors (Lipinski definition) is 5. The molecule has 9 heteroatoms. The van der Waals surface area contributed by atoms with Gasteiger partial charge in [0.25, 0.3) is 11.6 Å². The van der Waals surface area contributed by atoms with Gasteiger partial charge in [0.1, 0.15) is 5.69 Å². The summed E-state index contributed by atoms with van der Waals surface area (Å²) >= 11 is 6.35. The van der Waals surface area contributed by atoms with E-state index in [0.717, 1.165) is 19.6 Å². The number of aromatic nitrogens is 2. The molecule has 0 spiro atoms. The van der Waals surface area contributed by atoms with Gasteiger partial charge in [-0.3, -0.25) is 14.9 Å². The number of non-ortho nitro benzene ring substituents is 1. The third-order valence-corrected chi connectivity index (χ3v) is 5.80. The number of likely N-dealkylation sites (N-methyl/N-ethyl adjacent to an activating group) is 1. The van der Waals surface area contributed by atoms with Crippen molar-refractivity contribution in [3.05, 3.63) is 75.4 Å². The van der Waals surface area contributed by atoms with Crippen molar-refractivity contribution in [3.8, 4) is 16.9 Å². The van der Waals surface area contributed by atoms with Gasteiger partial charge in [-0.05, 0) is 24.7 Å². The van der Waals surface area contributed by atoms with E-state index in [1.165, 1.54) is 16.8 Å². The monoisotopic (exact) mass is 439 g/mol. The van der Waals surface area contributed by atoms with Crippen molar-refractivity contribution in [2.75, 3.05) is 32.7 Å². The van der Waals surface area contributed by atoms with Gasteiger partial charge in [0.15, 0.2) is 0 Å². The van der Waals surface area contributed by atoms with Crippen LogP contribution in [-0.4, -0.2) is 63.1 Å². The molecule has 0 radical (unpaired) electrons. The molecule has 0 bridgehead atoms. The van der Waals surface area contributed by atoms with E-state index in [4.69, 9.17) is 11.6 Å². The number of halogens is 1. The summed E-state index contributed by atoms with van der Waals surface area (Å²) < 4.78 is 1.47. The highest BCUT2D eigenvalue weighted by Gasteiger charge is 2.26. The average molecular weight is 440 g/mol. The molecule has 8 nitrogen and oxygen atoms in total. The average Bonchev–Trinajstić information content (AvgIpc) is 3.24. The summed E-state index contributed by atoms with van der Waals surface area (Å²) in [5.41, 5.74) is 1.96. The molecule has 1 aromatic heterocycles. The van der Waals surface area contributed by atoms with Crippen molar-refractivity contribution in [1.82, 2.24) is 19.6 Å². The van der Waals surface area contributed by atoms with Crippen molar-refractivity contribution in [1.29, 1.82) is 0 Å². The fourth-order valence-corrected chi connectivity index (χ4v) is 3.93. The van der Waals surface area contributed by atoms with E-state index in [0.29, 0.717) is 40.8 Å². The van der Waals surface area contributed by atoms with Gasteiger partial charge in [0.05, 0.1) is 21.3 Å². The molecule has 160 valence electrons. The third kappa shape index (κ3) is 4.30. The van der Waals surface area contributed by atoms with E-state index in [1.54, 1.807) is 29.2 Å². The Balaban J connectivity index is 1.78. The highest BCUT2D eigenvalue weighted by atomic mass is 35.5. The van der Waals surface area contributed by atoms with Gasteiger partial charge in [-0.15, -0.1) is 0 Å². The standard InChI is InChI=1S/C22H22ClN5O3/c1-2-25-10-12-26(13-11-25)22(29)21-15-20(18-8-3-4-9-19(18)23)24-27(21)16-6-5-7-17(14-16)28(30)31/h3-9,14-15H,2,10-13H2,1H3. The third-order valence-electron chi connectivity index (χ3n) is 5.47. The van der Waals surface area contributed by atoms with E-state index in [9.17, 15) is 14.9 Å². The number of nitro groups is 1. The molecular weight excluding hydrogens is 418 g/mol. The zero-order valence-corrected chi connectivity index (χ0v) is 17.8. The number of rotatable bonds is 5.